The predicted octanol–water partition coefficient (Wildman–Crippen LogP) is 3.86. The summed E-state index contributed by atoms with van der Waals surface area (Å²) in [6.07, 6.45) is -5.67. The summed E-state index contributed by atoms with van der Waals surface area (Å²) in [6, 6.07) is 5.21. The Morgan fingerprint density at radius 3 is 2.05 bits per heavy atom. The third-order valence-electron chi connectivity index (χ3n) is 3.81. The number of aliphatic hydroxyl groups excluding tert-OH is 1. The van der Waals surface area contributed by atoms with Crippen LogP contribution in [0.1, 0.15) is 44.9 Å². The molecule has 114 valence electrons. The minimum absolute atomic E-state index is 0.0723. The Bertz CT molecular complexity index is 439. The summed E-state index contributed by atoms with van der Waals surface area (Å²) in [5.74, 6) is 0. The van der Waals surface area contributed by atoms with Gasteiger partial charge in [0.2, 0.25) is 0 Å². The number of nitrogens with zero attached hydrogens (tertiary/aromatic N) is 1. The maximum atomic E-state index is 13.0. The average Bonchev–Trinajstić information content (AvgIpc) is 2.38. The number of hydrogen-bond acceptors (Lipinski definition) is 2. The first kappa shape index (κ1) is 17.0. The molecule has 0 saturated carbocycles. The van der Waals surface area contributed by atoms with Crippen molar-refractivity contribution in [3.63, 3.8) is 0 Å². The van der Waals surface area contributed by atoms with Gasteiger partial charge in [0, 0.05) is 5.54 Å². The average molecular weight is 289 g/mol. The second-order valence-corrected chi connectivity index (χ2v) is 5.31. The highest BCUT2D eigenvalue weighted by Crippen LogP contribution is 2.39. The summed E-state index contributed by atoms with van der Waals surface area (Å²) in [6.45, 7) is 8.69. The van der Waals surface area contributed by atoms with E-state index in [4.69, 9.17) is 0 Å². The first-order valence-electron chi connectivity index (χ1n) is 6.75. The molecule has 0 aliphatic carbocycles. The molecule has 1 aromatic rings. The monoisotopic (exact) mass is 289 g/mol. The molecule has 5 heteroatoms. The van der Waals surface area contributed by atoms with Gasteiger partial charge < -0.3 is 5.11 Å². The minimum atomic E-state index is -4.46. The van der Waals surface area contributed by atoms with Crippen LogP contribution < -0.4 is 0 Å². The van der Waals surface area contributed by atoms with E-state index in [1.807, 2.05) is 18.7 Å². The predicted molar refractivity (Wildman–Crippen MR) is 73.4 cm³/mol. The molecule has 0 bridgehead atoms. The summed E-state index contributed by atoms with van der Waals surface area (Å²) >= 11 is 0. The Kier molecular flexibility index (Phi) is 5.21. The highest BCUT2D eigenvalue weighted by molar-refractivity contribution is 5.33. The summed E-state index contributed by atoms with van der Waals surface area (Å²) in [5.41, 5.74) is -1.62. The molecule has 1 aromatic carbocycles. The van der Waals surface area contributed by atoms with Crippen molar-refractivity contribution in [2.45, 2.75) is 45.5 Å². The Morgan fingerprint density at radius 2 is 1.60 bits per heavy atom. The molecule has 0 spiro atoms. The topological polar surface area (TPSA) is 23.5 Å². The fourth-order valence-corrected chi connectivity index (χ4v) is 2.59. The van der Waals surface area contributed by atoms with Crippen LogP contribution in [0.2, 0.25) is 0 Å². The number of rotatable bonds is 5. The number of likely N-dealkylation sites (N-methyl/N-ethyl adjacent to an activating group) is 1. The fourth-order valence-electron chi connectivity index (χ4n) is 2.59. The van der Waals surface area contributed by atoms with E-state index in [2.05, 4.69) is 0 Å². The van der Waals surface area contributed by atoms with Gasteiger partial charge >= 0.3 is 6.18 Å². The zero-order chi connectivity index (χ0) is 15.6. The third kappa shape index (κ3) is 3.33. The molecule has 0 aliphatic rings. The zero-order valence-corrected chi connectivity index (χ0v) is 12.3. The molecule has 0 heterocycles. The summed E-state index contributed by atoms with van der Waals surface area (Å²) < 4.78 is 39.1. The van der Waals surface area contributed by atoms with Crippen molar-refractivity contribution in [2.75, 3.05) is 13.1 Å². The Hall–Kier alpha value is -1.07. The Labute approximate surface area is 118 Å². The van der Waals surface area contributed by atoms with Crippen LogP contribution in [0.25, 0.3) is 0 Å². The van der Waals surface area contributed by atoms with Crippen molar-refractivity contribution in [1.82, 2.24) is 4.90 Å². The zero-order valence-electron chi connectivity index (χ0n) is 12.3. The molecule has 1 unspecified atom stereocenters. The number of alkyl halides is 3. The molecular formula is C15H22F3NO. The van der Waals surface area contributed by atoms with E-state index in [0.29, 0.717) is 13.1 Å². The van der Waals surface area contributed by atoms with Gasteiger partial charge in [-0.2, -0.15) is 13.2 Å². The van der Waals surface area contributed by atoms with Crippen LogP contribution in [0.5, 0.6) is 0 Å². The number of hydrogen-bond donors (Lipinski definition) is 1. The molecule has 1 rings (SSSR count). The van der Waals surface area contributed by atoms with Gasteiger partial charge in [0.25, 0.3) is 0 Å². The van der Waals surface area contributed by atoms with E-state index < -0.39 is 23.4 Å². The second kappa shape index (κ2) is 6.14. The van der Waals surface area contributed by atoms with E-state index in [9.17, 15) is 18.3 Å². The van der Waals surface area contributed by atoms with Gasteiger partial charge in [-0.25, -0.2) is 0 Å². The van der Waals surface area contributed by atoms with Crippen LogP contribution in [-0.2, 0) is 6.18 Å². The van der Waals surface area contributed by atoms with Crippen molar-refractivity contribution in [3.05, 3.63) is 35.4 Å². The minimum Gasteiger partial charge on any atom is -0.386 e. The maximum absolute atomic E-state index is 13.0. The fraction of sp³-hybridized carbons (Fsp3) is 0.600. The van der Waals surface area contributed by atoms with Crippen molar-refractivity contribution < 1.29 is 18.3 Å². The largest absolute Gasteiger partial charge is 0.416 e. The highest BCUT2D eigenvalue weighted by atomic mass is 19.4. The first-order valence-corrected chi connectivity index (χ1v) is 6.75. The lowest BCUT2D eigenvalue weighted by atomic mass is 9.87. The van der Waals surface area contributed by atoms with Gasteiger partial charge in [0.1, 0.15) is 0 Å². The normalized spacial score (nSPS) is 14.7. The standard InChI is InChI=1S/C15H22F3NO/c1-5-19(6-2)14(3,4)13(20)11-9-7-8-10-12(11)15(16,17)18/h7-10,13,20H,5-6H2,1-4H3. The molecule has 1 atom stereocenters. The molecular weight excluding hydrogens is 267 g/mol. The van der Waals surface area contributed by atoms with Gasteiger partial charge in [-0.3, -0.25) is 4.90 Å². The van der Waals surface area contributed by atoms with Crippen LogP contribution in [-0.4, -0.2) is 28.6 Å². The summed E-state index contributed by atoms with van der Waals surface area (Å²) in [7, 11) is 0. The van der Waals surface area contributed by atoms with E-state index in [1.54, 1.807) is 13.8 Å². The lowest BCUT2D eigenvalue weighted by Crippen LogP contribution is -2.48. The maximum Gasteiger partial charge on any atom is 0.416 e. The molecule has 0 aliphatic heterocycles. The first-order chi connectivity index (χ1) is 9.16. The van der Waals surface area contributed by atoms with Crippen LogP contribution >= 0.6 is 0 Å². The SMILES string of the molecule is CCN(CC)C(C)(C)C(O)c1ccccc1C(F)(F)F. The summed E-state index contributed by atoms with van der Waals surface area (Å²) in [5, 5.41) is 10.5. The van der Waals surface area contributed by atoms with Crippen LogP contribution in [0, 0.1) is 0 Å². The van der Waals surface area contributed by atoms with E-state index in [-0.39, 0.29) is 5.56 Å². The smallest absolute Gasteiger partial charge is 0.386 e. The van der Waals surface area contributed by atoms with Gasteiger partial charge in [0.05, 0.1) is 11.7 Å². The molecule has 0 fully saturated rings. The van der Waals surface area contributed by atoms with Crippen molar-refractivity contribution in [1.29, 1.82) is 0 Å². The van der Waals surface area contributed by atoms with Crippen LogP contribution in [0.15, 0.2) is 24.3 Å². The summed E-state index contributed by atoms with van der Waals surface area (Å²) in [4.78, 5) is 1.95. The quantitative estimate of drug-likeness (QED) is 0.889. The van der Waals surface area contributed by atoms with Gasteiger partial charge in [-0.05, 0) is 38.6 Å². The third-order valence-corrected chi connectivity index (χ3v) is 3.81. The Morgan fingerprint density at radius 1 is 1.10 bits per heavy atom. The second-order valence-electron chi connectivity index (χ2n) is 5.31. The van der Waals surface area contributed by atoms with E-state index >= 15 is 0 Å². The van der Waals surface area contributed by atoms with Crippen molar-refractivity contribution in [3.8, 4) is 0 Å². The molecule has 0 saturated heterocycles. The van der Waals surface area contributed by atoms with E-state index in [1.165, 1.54) is 18.2 Å². The molecule has 2 nitrogen and oxygen atoms in total. The highest BCUT2D eigenvalue weighted by Gasteiger charge is 2.40. The van der Waals surface area contributed by atoms with E-state index in [0.717, 1.165) is 6.07 Å². The van der Waals surface area contributed by atoms with Crippen molar-refractivity contribution in [2.24, 2.45) is 0 Å². The number of halogens is 3. The molecule has 0 radical (unpaired) electrons. The number of benzene rings is 1. The van der Waals surface area contributed by atoms with Crippen molar-refractivity contribution >= 4 is 0 Å². The van der Waals surface area contributed by atoms with Gasteiger partial charge in [-0.15, -0.1) is 0 Å². The molecule has 1 N–H and O–H groups in total. The molecule has 0 aromatic heterocycles. The molecule has 0 amide bonds. The van der Waals surface area contributed by atoms with Gasteiger partial charge in [-0.1, -0.05) is 32.0 Å². The lowest BCUT2D eigenvalue weighted by Gasteiger charge is -2.41. The van der Waals surface area contributed by atoms with Gasteiger partial charge in [0.15, 0.2) is 0 Å². The van der Waals surface area contributed by atoms with Crippen LogP contribution in [0.3, 0.4) is 0 Å². The van der Waals surface area contributed by atoms with Crippen LogP contribution in [0.4, 0.5) is 13.2 Å². The molecule has 20 heavy (non-hydrogen) atoms. The number of aliphatic hydroxyl groups is 1. The Balaban J connectivity index is 3.25. The lowest BCUT2D eigenvalue weighted by molar-refractivity contribution is -0.140.